The zero-order valence-electron chi connectivity index (χ0n) is 17.2. The standard InChI is InChI=1S/C24H24N2O4/c1-15-8-10-16(11-9-15)14-26-23(25-19-7-5-4-6-18(19)24(26)28)17-12-20(29-2)22(27)21(13-17)30-3/h4-13,23,25,27H,14H2,1-3H3/t23-/m1/s1. The molecule has 0 saturated heterocycles. The van der Waals surface area contributed by atoms with Crippen LogP contribution in [0.2, 0.25) is 0 Å². The normalized spacial score (nSPS) is 15.4. The average Bonchev–Trinajstić information content (AvgIpc) is 2.77. The summed E-state index contributed by atoms with van der Waals surface area (Å²) >= 11 is 0. The number of anilines is 1. The zero-order chi connectivity index (χ0) is 21.3. The number of hydrogen-bond donors (Lipinski definition) is 2. The fourth-order valence-electron chi connectivity index (χ4n) is 3.68. The van der Waals surface area contributed by atoms with E-state index >= 15 is 0 Å². The molecule has 1 aliphatic heterocycles. The number of amides is 1. The molecule has 4 rings (SSSR count). The molecule has 1 aliphatic rings. The van der Waals surface area contributed by atoms with Gasteiger partial charge in [0.1, 0.15) is 6.17 Å². The zero-order valence-corrected chi connectivity index (χ0v) is 17.2. The van der Waals surface area contributed by atoms with Crippen molar-refractivity contribution in [2.75, 3.05) is 19.5 Å². The Balaban J connectivity index is 1.80. The van der Waals surface area contributed by atoms with Gasteiger partial charge in [-0.2, -0.15) is 0 Å². The van der Waals surface area contributed by atoms with Crippen molar-refractivity contribution in [1.29, 1.82) is 0 Å². The van der Waals surface area contributed by atoms with Gasteiger partial charge in [-0.15, -0.1) is 0 Å². The highest BCUT2D eigenvalue weighted by molar-refractivity contribution is 6.01. The van der Waals surface area contributed by atoms with Crippen LogP contribution in [0.1, 0.15) is 33.2 Å². The molecule has 0 spiro atoms. The Hall–Kier alpha value is -3.67. The van der Waals surface area contributed by atoms with Crippen molar-refractivity contribution in [2.24, 2.45) is 0 Å². The largest absolute Gasteiger partial charge is 0.502 e. The molecular formula is C24H24N2O4. The SMILES string of the molecule is COc1cc([C@@H]2Nc3ccccc3C(=O)N2Cc2ccc(C)cc2)cc(OC)c1O. The van der Waals surface area contributed by atoms with Crippen molar-refractivity contribution in [1.82, 2.24) is 4.90 Å². The number of carbonyl (C=O) groups excluding carboxylic acids is 1. The number of hydrogen-bond acceptors (Lipinski definition) is 5. The number of nitrogens with one attached hydrogen (secondary N) is 1. The number of nitrogens with zero attached hydrogens (tertiary/aromatic N) is 1. The number of carbonyl (C=O) groups is 1. The van der Waals surface area contributed by atoms with Crippen LogP contribution >= 0.6 is 0 Å². The van der Waals surface area contributed by atoms with Crippen molar-refractivity contribution < 1.29 is 19.4 Å². The van der Waals surface area contributed by atoms with Crippen molar-refractivity contribution in [3.8, 4) is 17.2 Å². The van der Waals surface area contributed by atoms with Gasteiger partial charge in [-0.05, 0) is 36.8 Å². The lowest BCUT2D eigenvalue weighted by Crippen LogP contribution is -2.42. The van der Waals surface area contributed by atoms with Crippen LogP contribution < -0.4 is 14.8 Å². The molecular weight excluding hydrogens is 380 g/mol. The third-order valence-corrected chi connectivity index (χ3v) is 5.31. The van der Waals surface area contributed by atoms with Gasteiger partial charge < -0.3 is 24.8 Å². The lowest BCUT2D eigenvalue weighted by atomic mass is 10.0. The number of fused-ring (bicyclic) bond motifs is 1. The van der Waals surface area contributed by atoms with Crippen LogP contribution in [0.3, 0.4) is 0 Å². The van der Waals surface area contributed by atoms with Gasteiger partial charge in [-0.1, -0.05) is 42.0 Å². The monoisotopic (exact) mass is 404 g/mol. The number of ether oxygens (including phenoxy) is 2. The highest BCUT2D eigenvalue weighted by Gasteiger charge is 2.34. The summed E-state index contributed by atoms with van der Waals surface area (Å²) in [6.07, 6.45) is -0.461. The second-order valence-corrected chi connectivity index (χ2v) is 7.29. The molecule has 6 heteroatoms. The molecule has 154 valence electrons. The Labute approximate surface area is 175 Å². The predicted octanol–water partition coefficient (Wildman–Crippen LogP) is 4.48. The average molecular weight is 404 g/mol. The van der Waals surface area contributed by atoms with Gasteiger partial charge in [0.05, 0.1) is 19.8 Å². The Kier molecular flexibility index (Phi) is 5.23. The van der Waals surface area contributed by atoms with E-state index in [9.17, 15) is 9.90 Å². The van der Waals surface area contributed by atoms with Gasteiger partial charge in [0.25, 0.3) is 5.91 Å². The molecule has 0 saturated carbocycles. The second kappa shape index (κ2) is 7.99. The lowest BCUT2D eigenvalue weighted by molar-refractivity contribution is 0.0666. The molecule has 3 aromatic rings. The number of aryl methyl sites for hydroxylation is 1. The summed E-state index contributed by atoms with van der Waals surface area (Å²) in [6, 6.07) is 19.0. The smallest absolute Gasteiger partial charge is 0.258 e. The number of rotatable bonds is 5. The van der Waals surface area contributed by atoms with Gasteiger partial charge in [0.15, 0.2) is 11.5 Å². The summed E-state index contributed by atoms with van der Waals surface area (Å²) in [5.41, 5.74) is 4.32. The van der Waals surface area contributed by atoms with Gasteiger partial charge in [-0.3, -0.25) is 4.79 Å². The highest BCUT2D eigenvalue weighted by Crippen LogP contribution is 2.42. The first kappa shape index (κ1) is 19.6. The molecule has 3 aromatic carbocycles. The van der Waals surface area contributed by atoms with Gasteiger partial charge in [-0.25, -0.2) is 0 Å². The molecule has 0 bridgehead atoms. The first-order valence-electron chi connectivity index (χ1n) is 9.68. The number of methoxy groups -OCH3 is 2. The summed E-state index contributed by atoms with van der Waals surface area (Å²) < 4.78 is 10.6. The van der Waals surface area contributed by atoms with E-state index in [1.807, 2.05) is 55.5 Å². The van der Waals surface area contributed by atoms with E-state index in [0.29, 0.717) is 12.1 Å². The Morgan fingerprint density at radius 2 is 1.63 bits per heavy atom. The topological polar surface area (TPSA) is 71.0 Å². The molecule has 30 heavy (non-hydrogen) atoms. The minimum absolute atomic E-state index is 0.0686. The molecule has 0 unspecified atom stereocenters. The highest BCUT2D eigenvalue weighted by atomic mass is 16.5. The molecule has 6 nitrogen and oxygen atoms in total. The molecule has 2 N–H and O–H groups in total. The van der Waals surface area contributed by atoms with Crippen molar-refractivity contribution in [3.63, 3.8) is 0 Å². The maximum absolute atomic E-state index is 13.4. The van der Waals surface area contributed by atoms with E-state index in [-0.39, 0.29) is 23.2 Å². The molecule has 0 aliphatic carbocycles. The van der Waals surface area contributed by atoms with Gasteiger partial charge >= 0.3 is 0 Å². The molecule has 0 radical (unpaired) electrons. The van der Waals surface area contributed by atoms with E-state index in [4.69, 9.17) is 9.47 Å². The fraction of sp³-hybridized carbons (Fsp3) is 0.208. The molecule has 0 fully saturated rings. The minimum Gasteiger partial charge on any atom is -0.502 e. The third-order valence-electron chi connectivity index (χ3n) is 5.31. The molecule has 1 amide bonds. The van der Waals surface area contributed by atoms with E-state index in [1.165, 1.54) is 14.2 Å². The Bertz CT molecular complexity index is 1050. The van der Waals surface area contributed by atoms with E-state index in [0.717, 1.165) is 22.4 Å². The number of benzene rings is 3. The number of phenolic OH excluding ortho intramolecular Hbond substituents is 1. The fourth-order valence-corrected chi connectivity index (χ4v) is 3.68. The van der Waals surface area contributed by atoms with Crippen LogP contribution in [0.4, 0.5) is 5.69 Å². The Morgan fingerprint density at radius 3 is 2.27 bits per heavy atom. The summed E-state index contributed by atoms with van der Waals surface area (Å²) in [6.45, 7) is 2.46. The first-order chi connectivity index (χ1) is 14.5. The van der Waals surface area contributed by atoms with Crippen molar-refractivity contribution in [2.45, 2.75) is 19.6 Å². The number of aromatic hydroxyl groups is 1. The maximum atomic E-state index is 13.4. The number of para-hydroxylation sites is 1. The second-order valence-electron chi connectivity index (χ2n) is 7.29. The minimum atomic E-state index is -0.461. The summed E-state index contributed by atoms with van der Waals surface area (Å²) in [7, 11) is 2.97. The number of phenols is 1. The van der Waals surface area contributed by atoms with E-state index in [2.05, 4.69) is 5.32 Å². The van der Waals surface area contributed by atoms with Crippen LogP contribution in [-0.2, 0) is 6.54 Å². The first-order valence-corrected chi connectivity index (χ1v) is 9.68. The van der Waals surface area contributed by atoms with Crippen LogP contribution in [-0.4, -0.2) is 30.1 Å². The van der Waals surface area contributed by atoms with Crippen molar-refractivity contribution in [3.05, 3.63) is 82.9 Å². The predicted molar refractivity (Wildman–Crippen MR) is 115 cm³/mol. The van der Waals surface area contributed by atoms with Crippen LogP contribution in [0.15, 0.2) is 60.7 Å². The summed E-state index contributed by atoms with van der Waals surface area (Å²) in [4.78, 5) is 15.2. The van der Waals surface area contributed by atoms with Crippen LogP contribution in [0.25, 0.3) is 0 Å². The van der Waals surface area contributed by atoms with Gasteiger partial charge in [0.2, 0.25) is 5.75 Å². The van der Waals surface area contributed by atoms with Crippen LogP contribution in [0, 0.1) is 6.92 Å². The van der Waals surface area contributed by atoms with Gasteiger partial charge in [0, 0.05) is 17.8 Å². The quantitative estimate of drug-likeness (QED) is 0.656. The molecule has 1 atom stereocenters. The van der Waals surface area contributed by atoms with Crippen LogP contribution in [0.5, 0.6) is 17.2 Å². The lowest BCUT2D eigenvalue weighted by Gasteiger charge is -2.38. The summed E-state index contributed by atoms with van der Waals surface area (Å²) in [5, 5.41) is 13.8. The Morgan fingerprint density at radius 1 is 1.00 bits per heavy atom. The maximum Gasteiger partial charge on any atom is 0.258 e. The third kappa shape index (κ3) is 3.52. The molecule has 1 heterocycles. The molecule has 0 aromatic heterocycles. The van der Waals surface area contributed by atoms with E-state index < -0.39 is 6.17 Å². The van der Waals surface area contributed by atoms with Crippen molar-refractivity contribution >= 4 is 11.6 Å². The van der Waals surface area contributed by atoms with E-state index in [1.54, 1.807) is 17.0 Å². The summed E-state index contributed by atoms with van der Waals surface area (Å²) in [5.74, 6) is 0.429.